The van der Waals surface area contributed by atoms with Gasteiger partial charge in [0.15, 0.2) is 17.5 Å². The Balaban J connectivity index is 1.66. The fourth-order valence-corrected chi connectivity index (χ4v) is 3.30. The summed E-state index contributed by atoms with van der Waals surface area (Å²) in [5, 5.41) is 6.95. The lowest BCUT2D eigenvalue weighted by atomic mass is 10.1. The number of carbonyl (C=O) groups is 1. The van der Waals surface area contributed by atoms with Crippen LogP contribution in [0.15, 0.2) is 23.2 Å². The van der Waals surface area contributed by atoms with Crippen LogP contribution in [0.1, 0.15) is 40.0 Å². The average molecular weight is 389 g/mol. The minimum atomic E-state index is 0.150. The Kier molecular flexibility index (Phi) is 7.01. The number of fused-ring (bicyclic) bond motifs is 1. The highest BCUT2D eigenvalue weighted by Gasteiger charge is 2.21. The molecule has 2 heterocycles. The van der Waals surface area contributed by atoms with Crippen molar-refractivity contribution in [2.75, 3.05) is 38.2 Å². The predicted molar refractivity (Wildman–Crippen MR) is 111 cm³/mol. The minimum absolute atomic E-state index is 0.150. The summed E-state index contributed by atoms with van der Waals surface area (Å²) in [6.07, 6.45) is 2.73. The van der Waals surface area contributed by atoms with E-state index in [1.165, 1.54) is 0 Å². The molecule has 154 valence electrons. The summed E-state index contributed by atoms with van der Waals surface area (Å²) in [6, 6.07) is 6.19. The molecule has 1 saturated heterocycles. The van der Waals surface area contributed by atoms with Crippen molar-refractivity contribution < 1.29 is 14.3 Å². The van der Waals surface area contributed by atoms with E-state index in [9.17, 15) is 4.79 Å². The SMILES string of the molecule is CC(=O)N1CCC(NC(=NCC(C)C)Nc2ccc3c(c2)OCCCO3)CC1. The van der Waals surface area contributed by atoms with Crippen LogP contribution in [-0.4, -0.2) is 55.7 Å². The molecule has 0 bridgehead atoms. The standard InChI is InChI=1S/C21H32N4O3/c1-15(2)14-22-21(23-17-7-9-25(10-8-17)16(3)26)24-18-5-6-19-20(13-18)28-12-4-11-27-19/h5-6,13,15,17H,4,7-12,14H2,1-3H3,(H2,22,23,24). The lowest BCUT2D eigenvalue weighted by Crippen LogP contribution is -2.47. The Labute approximate surface area is 167 Å². The summed E-state index contributed by atoms with van der Waals surface area (Å²) in [5.74, 6) is 2.94. The van der Waals surface area contributed by atoms with Gasteiger partial charge in [0.25, 0.3) is 0 Å². The van der Waals surface area contributed by atoms with Crippen molar-refractivity contribution in [3.8, 4) is 11.5 Å². The van der Waals surface area contributed by atoms with Gasteiger partial charge in [-0.15, -0.1) is 0 Å². The molecule has 0 saturated carbocycles. The number of likely N-dealkylation sites (tertiary alicyclic amines) is 1. The number of rotatable bonds is 4. The molecule has 3 rings (SSSR count). The first-order valence-corrected chi connectivity index (χ1v) is 10.2. The monoisotopic (exact) mass is 388 g/mol. The van der Waals surface area contributed by atoms with Gasteiger partial charge in [-0.2, -0.15) is 0 Å². The molecule has 1 aromatic carbocycles. The fraction of sp³-hybridized carbons (Fsp3) is 0.619. The second kappa shape index (κ2) is 9.66. The number of anilines is 1. The molecule has 0 aromatic heterocycles. The van der Waals surface area contributed by atoms with Crippen molar-refractivity contribution in [3.05, 3.63) is 18.2 Å². The number of hydrogen-bond donors (Lipinski definition) is 2. The first-order valence-electron chi connectivity index (χ1n) is 10.2. The Hall–Kier alpha value is -2.44. The molecular formula is C21H32N4O3. The average Bonchev–Trinajstić information content (AvgIpc) is 2.91. The molecule has 0 atom stereocenters. The number of carbonyl (C=O) groups excluding carboxylic acids is 1. The molecule has 7 nitrogen and oxygen atoms in total. The van der Waals surface area contributed by atoms with E-state index in [1.54, 1.807) is 6.92 Å². The second-order valence-corrected chi connectivity index (χ2v) is 7.84. The van der Waals surface area contributed by atoms with Gasteiger partial charge in [-0.05, 0) is 30.9 Å². The summed E-state index contributed by atoms with van der Waals surface area (Å²) in [6.45, 7) is 9.60. The molecule has 2 aliphatic rings. The number of amides is 1. The molecule has 7 heteroatoms. The van der Waals surface area contributed by atoms with Gasteiger partial charge in [-0.3, -0.25) is 9.79 Å². The largest absolute Gasteiger partial charge is 0.490 e. The molecule has 0 spiro atoms. The molecule has 1 aromatic rings. The normalized spacial score (nSPS) is 18.0. The number of nitrogens with one attached hydrogen (secondary N) is 2. The van der Waals surface area contributed by atoms with Gasteiger partial charge in [0.1, 0.15) is 0 Å². The maximum Gasteiger partial charge on any atom is 0.219 e. The molecule has 2 N–H and O–H groups in total. The number of aliphatic imine (C=N–C) groups is 1. The van der Waals surface area contributed by atoms with Crippen molar-refractivity contribution in [2.24, 2.45) is 10.9 Å². The number of ether oxygens (including phenoxy) is 2. The molecule has 28 heavy (non-hydrogen) atoms. The highest BCUT2D eigenvalue weighted by molar-refractivity contribution is 5.94. The van der Waals surface area contributed by atoms with E-state index in [2.05, 4.69) is 24.5 Å². The Bertz CT molecular complexity index is 697. The van der Waals surface area contributed by atoms with Crippen LogP contribution >= 0.6 is 0 Å². The topological polar surface area (TPSA) is 75.2 Å². The maximum absolute atomic E-state index is 11.5. The number of guanidine groups is 1. The van der Waals surface area contributed by atoms with E-state index < -0.39 is 0 Å². The van der Waals surface area contributed by atoms with Gasteiger partial charge in [0, 0.05) is 50.8 Å². The van der Waals surface area contributed by atoms with E-state index in [4.69, 9.17) is 14.5 Å². The zero-order chi connectivity index (χ0) is 19.9. The third-order valence-electron chi connectivity index (χ3n) is 4.91. The van der Waals surface area contributed by atoms with Gasteiger partial charge < -0.3 is 25.0 Å². The van der Waals surface area contributed by atoms with Gasteiger partial charge in [-0.25, -0.2) is 0 Å². The van der Waals surface area contributed by atoms with E-state index >= 15 is 0 Å². The van der Waals surface area contributed by atoms with Crippen molar-refractivity contribution in [1.29, 1.82) is 0 Å². The highest BCUT2D eigenvalue weighted by Crippen LogP contribution is 2.32. The minimum Gasteiger partial charge on any atom is -0.490 e. The van der Waals surface area contributed by atoms with Crippen LogP contribution in [0.3, 0.4) is 0 Å². The van der Waals surface area contributed by atoms with Crippen LogP contribution in [0, 0.1) is 5.92 Å². The molecule has 1 fully saturated rings. The summed E-state index contributed by atoms with van der Waals surface area (Å²) >= 11 is 0. The number of hydrogen-bond acceptors (Lipinski definition) is 4. The number of nitrogens with zero attached hydrogens (tertiary/aromatic N) is 2. The Morgan fingerprint density at radius 3 is 2.61 bits per heavy atom. The van der Waals surface area contributed by atoms with Crippen LogP contribution in [0.4, 0.5) is 5.69 Å². The van der Waals surface area contributed by atoms with Crippen LogP contribution in [0.2, 0.25) is 0 Å². The highest BCUT2D eigenvalue weighted by atomic mass is 16.5. The summed E-state index contributed by atoms with van der Waals surface area (Å²) < 4.78 is 11.5. The Morgan fingerprint density at radius 2 is 1.93 bits per heavy atom. The van der Waals surface area contributed by atoms with Crippen molar-refractivity contribution in [1.82, 2.24) is 10.2 Å². The number of benzene rings is 1. The molecular weight excluding hydrogens is 356 g/mol. The lowest BCUT2D eigenvalue weighted by Gasteiger charge is -2.32. The molecule has 0 unspecified atom stereocenters. The zero-order valence-corrected chi connectivity index (χ0v) is 17.2. The van der Waals surface area contributed by atoms with Gasteiger partial charge in [0.2, 0.25) is 5.91 Å². The Morgan fingerprint density at radius 1 is 1.21 bits per heavy atom. The van der Waals surface area contributed by atoms with Crippen LogP contribution in [0.25, 0.3) is 0 Å². The van der Waals surface area contributed by atoms with Gasteiger partial charge >= 0.3 is 0 Å². The van der Waals surface area contributed by atoms with Crippen molar-refractivity contribution in [3.63, 3.8) is 0 Å². The van der Waals surface area contributed by atoms with Crippen molar-refractivity contribution >= 4 is 17.6 Å². The smallest absolute Gasteiger partial charge is 0.219 e. The summed E-state index contributed by atoms with van der Waals surface area (Å²) in [5.41, 5.74) is 0.917. The van der Waals surface area contributed by atoms with E-state index in [0.29, 0.717) is 25.2 Å². The van der Waals surface area contributed by atoms with Crippen LogP contribution < -0.4 is 20.1 Å². The fourth-order valence-electron chi connectivity index (χ4n) is 3.30. The van der Waals surface area contributed by atoms with Crippen LogP contribution in [0.5, 0.6) is 11.5 Å². The molecule has 0 radical (unpaired) electrons. The van der Waals surface area contributed by atoms with Gasteiger partial charge in [0.05, 0.1) is 13.2 Å². The summed E-state index contributed by atoms with van der Waals surface area (Å²) in [7, 11) is 0. The van der Waals surface area contributed by atoms with E-state index in [-0.39, 0.29) is 5.91 Å². The first kappa shape index (κ1) is 20.3. The lowest BCUT2D eigenvalue weighted by molar-refractivity contribution is -0.129. The quantitative estimate of drug-likeness (QED) is 0.613. The maximum atomic E-state index is 11.5. The molecule has 2 aliphatic heterocycles. The second-order valence-electron chi connectivity index (χ2n) is 7.84. The zero-order valence-electron chi connectivity index (χ0n) is 17.2. The first-order chi connectivity index (χ1) is 13.5. The molecule has 1 amide bonds. The van der Waals surface area contributed by atoms with Gasteiger partial charge in [-0.1, -0.05) is 13.8 Å². The number of piperidine rings is 1. The predicted octanol–water partition coefficient (Wildman–Crippen LogP) is 2.87. The summed E-state index contributed by atoms with van der Waals surface area (Å²) in [4.78, 5) is 18.2. The van der Waals surface area contributed by atoms with Crippen molar-refractivity contribution in [2.45, 2.75) is 46.1 Å². The van der Waals surface area contributed by atoms with E-state index in [1.807, 2.05) is 23.1 Å². The third-order valence-corrected chi connectivity index (χ3v) is 4.91. The van der Waals surface area contributed by atoms with Crippen LogP contribution in [-0.2, 0) is 4.79 Å². The van der Waals surface area contributed by atoms with E-state index in [0.717, 1.165) is 62.0 Å². The third kappa shape index (κ3) is 5.78. The molecule has 0 aliphatic carbocycles.